The third-order valence-corrected chi connectivity index (χ3v) is 5.68. The number of amides is 1. The average molecular weight is 418 g/mol. The minimum Gasteiger partial charge on any atom is -0.503 e. The van der Waals surface area contributed by atoms with Crippen molar-refractivity contribution in [3.8, 4) is 0 Å². The zero-order chi connectivity index (χ0) is 22.1. The van der Waals surface area contributed by atoms with Crippen LogP contribution in [0.3, 0.4) is 0 Å². The number of unbranched alkanes of at least 4 members (excludes halogenated alkanes) is 1. The Labute approximate surface area is 181 Å². The number of anilines is 1. The van der Waals surface area contributed by atoms with E-state index in [4.69, 9.17) is 4.42 Å². The standard InChI is InChI=1S/C25H26N2O4/c1-4-5-14-27-22(16-10-12-18(13-11-16)26(2)3)21(24(29)25(27)30)23(28)20-15-17-8-6-7-9-19(17)31-20/h6-13,15,22,29H,4-5,14H2,1-3H3. The van der Waals surface area contributed by atoms with Gasteiger partial charge in [-0.05, 0) is 36.2 Å². The van der Waals surface area contributed by atoms with Gasteiger partial charge in [-0.1, -0.05) is 43.7 Å². The first-order valence-corrected chi connectivity index (χ1v) is 10.5. The summed E-state index contributed by atoms with van der Waals surface area (Å²) in [5.41, 5.74) is 2.44. The normalized spacial score (nSPS) is 16.4. The Morgan fingerprint density at radius 1 is 1.13 bits per heavy atom. The molecule has 6 heteroatoms. The van der Waals surface area contributed by atoms with Crippen molar-refractivity contribution < 1.29 is 19.1 Å². The number of carbonyl (C=O) groups is 2. The Kier molecular flexibility index (Phi) is 5.55. The summed E-state index contributed by atoms with van der Waals surface area (Å²) in [6.07, 6.45) is 1.67. The van der Waals surface area contributed by atoms with Crippen molar-refractivity contribution in [1.82, 2.24) is 4.90 Å². The van der Waals surface area contributed by atoms with Crippen molar-refractivity contribution in [2.24, 2.45) is 0 Å². The van der Waals surface area contributed by atoms with Gasteiger partial charge in [0.25, 0.3) is 5.91 Å². The maximum absolute atomic E-state index is 13.5. The first-order chi connectivity index (χ1) is 14.9. The van der Waals surface area contributed by atoms with Crippen molar-refractivity contribution in [2.45, 2.75) is 25.8 Å². The van der Waals surface area contributed by atoms with Crippen molar-refractivity contribution in [3.63, 3.8) is 0 Å². The van der Waals surface area contributed by atoms with Crippen molar-refractivity contribution in [2.75, 3.05) is 25.5 Å². The minimum atomic E-state index is -0.657. The van der Waals surface area contributed by atoms with Crippen LogP contribution in [0.25, 0.3) is 11.0 Å². The summed E-state index contributed by atoms with van der Waals surface area (Å²) in [5.74, 6) is -1.37. The monoisotopic (exact) mass is 418 g/mol. The van der Waals surface area contributed by atoms with Gasteiger partial charge in [0, 0.05) is 31.7 Å². The highest BCUT2D eigenvalue weighted by Gasteiger charge is 2.44. The SMILES string of the molecule is CCCCN1C(=O)C(O)=C(C(=O)c2cc3ccccc3o2)C1c1ccc(N(C)C)cc1. The van der Waals surface area contributed by atoms with E-state index in [1.165, 1.54) is 0 Å². The molecular formula is C25H26N2O4. The second kappa shape index (κ2) is 8.30. The van der Waals surface area contributed by atoms with Crippen LogP contribution in [0.5, 0.6) is 0 Å². The molecule has 0 fully saturated rings. The molecule has 4 rings (SSSR count). The first kappa shape index (κ1) is 20.7. The first-order valence-electron chi connectivity index (χ1n) is 10.5. The Hall–Kier alpha value is -3.54. The van der Waals surface area contributed by atoms with Crippen LogP contribution in [0.15, 0.2) is 70.3 Å². The Balaban J connectivity index is 1.78. The number of fused-ring (bicyclic) bond motifs is 1. The second-order valence-corrected chi connectivity index (χ2v) is 7.98. The van der Waals surface area contributed by atoms with Gasteiger partial charge in [-0.2, -0.15) is 0 Å². The average Bonchev–Trinajstić information content (AvgIpc) is 3.31. The van der Waals surface area contributed by atoms with Gasteiger partial charge in [-0.15, -0.1) is 0 Å². The molecule has 1 amide bonds. The number of hydrogen-bond donors (Lipinski definition) is 1. The lowest BCUT2D eigenvalue weighted by Crippen LogP contribution is -2.32. The van der Waals surface area contributed by atoms with Gasteiger partial charge in [0.15, 0.2) is 11.5 Å². The summed E-state index contributed by atoms with van der Waals surface area (Å²) >= 11 is 0. The van der Waals surface area contributed by atoms with Gasteiger partial charge in [0.1, 0.15) is 5.58 Å². The molecule has 160 valence electrons. The number of carbonyl (C=O) groups excluding carboxylic acids is 2. The summed E-state index contributed by atoms with van der Waals surface area (Å²) in [6.45, 7) is 2.49. The quantitative estimate of drug-likeness (QED) is 0.554. The minimum absolute atomic E-state index is 0.0674. The fourth-order valence-corrected chi connectivity index (χ4v) is 3.97. The van der Waals surface area contributed by atoms with Crippen LogP contribution in [0, 0.1) is 0 Å². The summed E-state index contributed by atoms with van der Waals surface area (Å²) in [5, 5.41) is 11.5. The fraction of sp³-hybridized carbons (Fsp3) is 0.280. The number of aliphatic hydroxyl groups is 1. The topological polar surface area (TPSA) is 74.0 Å². The largest absolute Gasteiger partial charge is 0.503 e. The van der Waals surface area contributed by atoms with E-state index in [0.717, 1.165) is 29.5 Å². The highest BCUT2D eigenvalue weighted by Crippen LogP contribution is 2.40. The van der Waals surface area contributed by atoms with E-state index in [-0.39, 0.29) is 11.3 Å². The van der Waals surface area contributed by atoms with Gasteiger partial charge in [0.2, 0.25) is 5.78 Å². The molecule has 2 heterocycles. The van der Waals surface area contributed by atoms with Gasteiger partial charge in [-0.25, -0.2) is 0 Å². The molecule has 31 heavy (non-hydrogen) atoms. The zero-order valence-electron chi connectivity index (χ0n) is 18.0. The number of para-hydroxylation sites is 1. The lowest BCUT2D eigenvalue weighted by Gasteiger charge is -2.27. The predicted molar refractivity (Wildman–Crippen MR) is 120 cm³/mol. The van der Waals surface area contributed by atoms with E-state index in [1.54, 1.807) is 17.0 Å². The van der Waals surface area contributed by atoms with Crippen LogP contribution in [0.4, 0.5) is 5.69 Å². The zero-order valence-corrected chi connectivity index (χ0v) is 18.0. The summed E-state index contributed by atoms with van der Waals surface area (Å²) in [4.78, 5) is 29.9. The molecule has 0 radical (unpaired) electrons. The third kappa shape index (κ3) is 3.69. The number of ketones is 1. The van der Waals surface area contributed by atoms with Crippen molar-refractivity contribution >= 4 is 28.3 Å². The van der Waals surface area contributed by atoms with E-state index in [1.807, 2.05) is 68.4 Å². The molecule has 0 bridgehead atoms. The highest BCUT2D eigenvalue weighted by molar-refractivity contribution is 6.16. The molecule has 0 spiro atoms. The van der Waals surface area contributed by atoms with Gasteiger partial charge < -0.3 is 19.3 Å². The molecule has 1 aliphatic rings. The molecule has 3 aromatic rings. The summed E-state index contributed by atoms with van der Waals surface area (Å²) < 4.78 is 5.75. The molecule has 1 aliphatic heterocycles. The van der Waals surface area contributed by atoms with E-state index in [0.29, 0.717) is 12.1 Å². The number of furan rings is 1. The van der Waals surface area contributed by atoms with Gasteiger partial charge in [-0.3, -0.25) is 9.59 Å². The van der Waals surface area contributed by atoms with Crippen LogP contribution < -0.4 is 4.90 Å². The Bertz CT molecular complexity index is 1120. The summed E-state index contributed by atoms with van der Waals surface area (Å²) in [7, 11) is 3.90. The lowest BCUT2D eigenvalue weighted by atomic mass is 9.94. The molecule has 1 atom stereocenters. The van der Waals surface area contributed by atoms with E-state index < -0.39 is 23.5 Å². The predicted octanol–water partition coefficient (Wildman–Crippen LogP) is 4.88. The maximum atomic E-state index is 13.5. The molecule has 1 unspecified atom stereocenters. The van der Waals surface area contributed by atoms with Crippen molar-refractivity contribution in [1.29, 1.82) is 0 Å². The Morgan fingerprint density at radius 2 is 1.84 bits per heavy atom. The number of benzene rings is 2. The molecule has 6 nitrogen and oxygen atoms in total. The lowest BCUT2D eigenvalue weighted by molar-refractivity contribution is -0.129. The molecule has 0 aliphatic carbocycles. The third-order valence-electron chi connectivity index (χ3n) is 5.68. The highest BCUT2D eigenvalue weighted by atomic mass is 16.3. The van der Waals surface area contributed by atoms with E-state index >= 15 is 0 Å². The van der Waals surface area contributed by atoms with E-state index in [2.05, 4.69) is 0 Å². The van der Waals surface area contributed by atoms with Gasteiger partial charge >= 0.3 is 0 Å². The van der Waals surface area contributed by atoms with Crippen molar-refractivity contribution in [3.05, 3.63) is 77.3 Å². The molecule has 1 aromatic heterocycles. The molecule has 0 saturated heterocycles. The van der Waals surface area contributed by atoms with Crippen LogP contribution in [-0.4, -0.2) is 42.3 Å². The molecule has 0 saturated carbocycles. The van der Waals surface area contributed by atoms with E-state index in [9.17, 15) is 14.7 Å². The molecule has 1 N–H and O–H groups in total. The molecular weight excluding hydrogens is 392 g/mol. The second-order valence-electron chi connectivity index (χ2n) is 7.98. The number of hydrogen-bond acceptors (Lipinski definition) is 5. The van der Waals surface area contributed by atoms with Crippen LogP contribution in [0.1, 0.15) is 41.9 Å². The molecule has 2 aromatic carbocycles. The number of Topliss-reactive ketones (excluding diaryl/α,β-unsaturated/α-hetero) is 1. The van der Waals surface area contributed by atoms with Crippen LogP contribution >= 0.6 is 0 Å². The van der Waals surface area contributed by atoms with Gasteiger partial charge in [0.05, 0.1) is 11.6 Å². The number of aliphatic hydroxyl groups excluding tert-OH is 1. The fourth-order valence-electron chi connectivity index (χ4n) is 3.97. The summed E-state index contributed by atoms with van der Waals surface area (Å²) in [6, 6.07) is 16.0. The van der Waals surface area contributed by atoms with Crippen LogP contribution in [0.2, 0.25) is 0 Å². The number of rotatable bonds is 7. The maximum Gasteiger partial charge on any atom is 0.290 e. The van der Waals surface area contributed by atoms with Crippen LogP contribution in [-0.2, 0) is 4.79 Å². The smallest absolute Gasteiger partial charge is 0.290 e. The Morgan fingerprint density at radius 3 is 2.48 bits per heavy atom. The number of nitrogens with zero attached hydrogens (tertiary/aromatic N) is 2.